The van der Waals surface area contributed by atoms with Gasteiger partial charge in [-0.2, -0.15) is 5.01 Å². The standard InChI is InChI=1S/C14H30N2O6/c1-12(20-13(18)21-14(2,3)4)22-16(19)15(5)10-8-6-7-9-11-17/h12,17,19H,6-11H2,1-5H3. The predicted molar refractivity (Wildman–Crippen MR) is 79.7 cm³/mol. The molecule has 8 heteroatoms. The third kappa shape index (κ3) is 11.7. The third-order valence-corrected chi connectivity index (χ3v) is 2.58. The van der Waals surface area contributed by atoms with Crippen LogP contribution in [0.4, 0.5) is 4.79 Å². The number of carbonyl (C=O) groups is 1. The lowest BCUT2D eigenvalue weighted by atomic mass is 10.2. The highest BCUT2D eigenvalue weighted by Gasteiger charge is 2.21. The fourth-order valence-corrected chi connectivity index (χ4v) is 1.54. The molecule has 0 rings (SSSR count). The van der Waals surface area contributed by atoms with Gasteiger partial charge in [-0.1, -0.05) is 12.8 Å². The Morgan fingerprint density at radius 2 is 1.77 bits per heavy atom. The molecule has 22 heavy (non-hydrogen) atoms. The van der Waals surface area contributed by atoms with Gasteiger partial charge in [0.2, 0.25) is 6.29 Å². The number of aliphatic hydroxyl groups excluding tert-OH is 1. The number of hydrogen-bond donors (Lipinski definition) is 2. The van der Waals surface area contributed by atoms with Crippen LogP contribution >= 0.6 is 0 Å². The quantitative estimate of drug-likeness (QED) is 0.274. The number of nitrogens with zero attached hydrogens (tertiary/aromatic N) is 2. The lowest BCUT2D eigenvalue weighted by Crippen LogP contribution is -2.41. The second-order valence-corrected chi connectivity index (χ2v) is 6.03. The lowest BCUT2D eigenvalue weighted by Gasteiger charge is -2.27. The number of aliphatic hydroxyl groups is 1. The van der Waals surface area contributed by atoms with Gasteiger partial charge in [0.15, 0.2) is 0 Å². The van der Waals surface area contributed by atoms with Crippen molar-refractivity contribution in [1.29, 1.82) is 0 Å². The summed E-state index contributed by atoms with van der Waals surface area (Å²) in [5.74, 6) is 0. The average molecular weight is 322 g/mol. The molecule has 1 unspecified atom stereocenters. The maximum absolute atomic E-state index is 11.4. The van der Waals surface area contributed by atoms with Gasteiger partial charge in [-0.3, -0.25) is 5.21 Å². The number of unbranched alkanes of at least 4 members (excludes halogenated alkanes) is 3. The summed E-state index contributed by atoms with van der Waals surface area (Å²) in [6, 6.07) is 0. The first kappa shape index (κ1) is 21.1. The molecule has 132 valence electrons. The zero-order valence-electron chi connectivity index (χ0n) is 14.2. The third-order valence-electron chi connectivity index (χ3n) is 2.58. The van der Waals surface area contributed by atoms with Crippen LogP contribution in [0.3, 0.4) is 0 Å². The Morgan fingerprint density at radius 1 is 1.18 bits per heavy atom. The number of hydrazine groups is 1. The Balaban J connectivity index is 3.92. The minimum absolute atomic E-state index is 0.199. The van der Waals surface area contributed by atoms with Gasteiger partial charge >= 0.3 is 6.16 Å². The number of ether oxygens (including phenoxy) is 2. The van der Waals surface area contributed by atoms with Crippen LogP contribution in [0.1, 0.15) is 53.4 Å². The van der Waals surface area contributed by atoms with E-state index in [9.17, 15) is 10.0 Å². The van der Waals surface area contributed by atoms with E-state index < -0.39 is 18.0 Å². The molecule has 0 bridgehead atoms. The Bertz CT molecular complexity index is 308. The first-order valence-electron chi connectivity index (χ1n) is 7.53. The van der Waals surface area contributed by atoms with Gasteiger partial charge in [-0.05, 0) is 33.6 Å². The van der Waals surface area contributed by atoms with Crippen molar-refractivity contribution in [2.24, 2.45) is 0 Å². The molecule has 2 N–H and O–H groups in total. The van der Waals surface area contributed by atoms with Gasteiger partial charge in [0.1, 0.15) is 5.60 Å². The van der Waals surface area contributed by atoms with E-state index in [1.807, 2.05) is 0 Å². The Hall–Kier alpha value is -0.930. The Kier molecular flexibility index (Phi) is 10.3. The van der Waals surface area contributed by atoms with Crippen LogP contribution in [-0.4, -0.2) is 58.9 Å². The Morgan fingerprint density at radius 3 is 2.32 bits per heavy atom. The van der Waals surface area contributed by atoms with E-state index in [2.05, 4.69) is 0 Å². The van der Waals surface area contributed by atoms with Gasteiger partial charge in [0.05, 0.1) is 0 Å². The van der Waals surface area contributed by atoms with Gasteiger partial charge in [-0.15, -0.1) is 0 Å². The zero-order chi connectivity index (χ0) is 17.2. The van der Waals surface area contributed by atoms with Crippen molar-refractivity contribution in [3.8, 4) is 0 Å². The number of hydrogen-bond acceptors (Lipinski definition) is 8. The van der Waals surface area contributed by atoms with E-state index >= 15 is 0 Å². The van der Waals surface area contributed by atoms with Gasteiger partial charge in [-0.25, -0.2) is 9.63 Å². The van der Waals surface area contributed by atoms with Crippen LogP contribution in [0.2, 0.25) is 0 Å². The van der Waals surface area contributed by atoms with Crippen LogP contribution < -0.4 is 0 Å². The second kappa shape index (κ2) is 10.7. The highest BCUT2D eigenvalue weighted by molar-refractivity contribution is 5.60. The molecule has 8 nitrogen and oxygen atoms in total. The summed E-state index contributed by atoms with van der Waals surface area (Å²) in [5, 5.41) is 20.4. The number of rotatable bonds is 10. The summed E-state index contributed by atoms with van der Waals surface area (Å²) in [7, 11) is 1.65. The van der Waals surface area contributed by atoms with Crippen LogP contribution in [0.15, 0.2) is 0 Å². The molecule has 0 aliphatic carbocycles. The van der Waals surface area contributed by atoms with Gasteiger partial charge in [0.25, 0.3) is 0 Å². The second-order valence-electron chi connectivity index (χ2n) is 6.03. The van der Waals surface area contributed by atoms with Crippen molar-refractivity contribution < 1.29 is 29.4 Å². The fraction of sp³-hybridized carbons (Fsp3) is 0.929. The van der Waals surface area contributed by atoms with Gasteiger partial charge < -0.3 is 14.6 Å². The maximum Gasteiger partial charge on any atom is 0.511 e. The highest BCUT2D eigenvalue weighted by Crippen LogP contribution is 2.10. The highest BCUT2D eigenvalue weighted by atomic mass is 17.0. The largest absolute Gasteiger partial charge is 0.511 e. The molecule has 0 radical (unpaired) electrons. The molecule has 0 fully saturated rings. The molecular formula is C14H30N2O6. The average Bonchev–Trinajstić information content (AvgIpc) is 2.35. The topological polar surface area (TPSA) is 91.7 Å². The number of carbonyl (C=O) groups excluding carboxylic acids is 1. The molecule has 0 aliphatic heterocycles. The van der Waals surface area contributed by atoms with Crippen molar-refractivity contribution in [2.45, 2.75) is 65.3 Å². The molecule has 1 atom stereocenters. The van der Waals surface area contributed by atoms with E-state index in [1.165, 1.54) is 11.9 Å². The molecule has 0 amide bonds. The molecule has 0 aliphatic rings. The van der Waals surface area contributed by atoms with Crippen LogP contribution in [0.5, 0.6) is 0 Å². The first-order valence-corrected chi connectivity index (χ1v) is 7.53. The summed E-state index contributed by atoms with van der Waals surface area (Å²) in [6.45, 7) is 7.42. The summed E-state index contributed by atoms with van der Waals surface area (Å²) in [4.78, 5) is 16.5. The predicted octanol–water partition coefficient (Wildman–Crippen LogP) is 2.31. The minimum atomic E-state index is -0.989. The fourth-order valence-electron chi connectivity index (χ4n) is 1.54. The molecule has 0 aromatic heterocycles. The van der Waals surface area contributed by atoms with E-state index in [4.69, 9.17) is 19.4 Å². The summed E-state index contributed by atoms with van der Waals surface area (Å²) >= 11 is 0. The van der Waals surface area contributed by atoms with Crippen molar-refractivity contribution in [2.75, 3.05) is 20.2 Å². The molecular weight excluding hydrogens is 292 g/mol. The van der Waals surface area contributed by atoms with Gasteiger partial charge in [0, 0.05) is 32.5 Å². The Labute approximate surface area is 132 Å². The molecule has 0 saturated carbocycles. The van der Waals surface area contributed by atoms with Crippen molar-refractivity contribution >= 4 is 6.16 Å². The maximum atomic E-state index is 11.4. The van der Waals surface area contributed by atoms with Crippen molar-refractivity contribution in [3.05, 3.63) is 0 Å². The van der Waals surface area contributed by atoms with E-state index in [0.717, 1.165) is 25.7 Å². The molecule has 0 spiro atoms. The van der Waals surface area contributed by atoms with E-state index in [0.29, 0.717) is 11.9 Å². The van der Waals surface area contributed by atoms with Crippen LogP contribution in [0, 0.1) is 0 Å². The summed E-state index contributed by atoms with van der Waals surface area (Å²) < 4.78 is 9.84. The van der Waals surface area contributed by atoms with Crippen molar-refractivity contribution in [3.63, 3.8) is 0 Å². The SMILES string of the molecule is CC(OC(=O)OC(C)(C)C)ON(O)N(C)CCCCCCO. The molecule has 0 saturated heterocycles. The minimum Gasteiger partial charge on any atom is -0.429 e. The van der Waals surface area contributed by atoms with Crippen LogP contribution in [-0.2, 0) is 14.3 Å². The normalized spacial score (nSPS) is 13.5. The summed E-state index contributed by atoms with van der Waals surface area (Å²) in [6.07, 6.45) is 1.66. The first-order chi connectivity index (χ1) is 10.2. The summed E-state index contributed by atoms with van der Waals surface area (Å²) in [5.41, 5.74) is -0.652. The molecule has 0 aromatic carbocycles. The monoisotopic (exact) mass is 322 g/mol. The lowest BCUT2D eigenvalue weighted by molar-refractivity contribution is -0.468. The van der Waals surface area contributed by atoms with Crippen molar-refractivity contribution in [1.82, 2.24) is 10.3 Å². The smallest absolute Gasteiger partial charge is 0.429 e. The van der Waals surface area contributed by atoms with E-state index in [-0.39, 0.29) is 6.61 Å². The van der Waals surface area contributed by atoms with E-state index in [1.54, 1.807) is 27.8 Å². The molecule has 0 heterocycles. The molecule has 0 aromatic rings. The zero-order valence-corrected chi connectivity index (χ0v) is 14.2. The van der Waals surface area contributed by atoms with Crippen LogP contribution in [0.25, 0.3) is 0 Å².